The van der Waals surface area contributed by atoms with Crippen LogP contribution >= 0.6 is 0 Å². The number of carbonyl (C=O) groups excluding carboxylic acids is 2. The van der Waals surface area contributed by atoms with Gasteiger partial charge in [-0.15, -0.1) is 0 Å². The summed E-state index contributed by atoms with van der Waals surface area (Å²) in [6.45, 7) is 4.73. The van der Waals surface area contributed by atoms with Crippen molar-refractivity contribution in [3.05, 3.63) is 35.9 Å². The molecule has 2 saturated heterocycles. The second-order valence-electron chi connectivity index (χ2n) is 10.8. The van der Waals surface area contributed by atoms with Crippen molar-refractivity contribution in [1.29, 1.82) is 0 Å². The molecule has 2 N–H and O–H groups in total. The number of carbonyl (C=O) groups is 2. The van der Waals surface area contributed by atoms with Gasteiger partial charge in [-0.2, -0.15) is 0 Å². The minimum atomic E-state index is -2.63. The van der Waals surface area contributed by atoms with Gasteiger partial charge in [-0.1, -0.05) is 44.2 Å². The zero-order valence-electron chi connectivity index (χ0n) is 20.4. The van der Waals surface area contributed by atoms with E-state index in [1.807, 2.05) is 44.2 Å². The molecule has 1 aromatic rings. The summed E-state index contributed by atoms with van der Waals surface area (Å²) in [5.41, 5.74) is 1.06. The van der Waals surface area contributed by atoms with Gasteiger partial charge in [0, 0.05) is 49.3 Å². The van der Waals surface area contributed by atoms with Crippen LogP contribution in [-0.4, -0.2) is 47.3 Å². The molecule has 7 heteroatoms. The fraction of sp³-hybridized carbons (Fsp3) is 0.704. The number of nitrogens with zero attached hydrogens (tertiary/aromatic N) is 1. The van der Waals surface area contributed by atoms with E-state index in [0.29, 0.717) is 12.1 Å². The van der Waals surface area contributed by atoms with E-state index in [0.717, 1.165) is 44.2 Å². The highest BCUT2D eigenvalue weighted by molar-refractivity contribution is 5.79. The van der Waals surface area contributed by atoms with Crippen LogP contribution in [0.4, 0.5) is 8.78 Å². The zero-order chi connectivity index (χ0) is 24.3. The molecule has 2 aliphatic heterocycles. The van der Waals surface area contributed by atoms with Crippen LogP contribution in [0.2, 0.25) is 0 Å². The van der Waals surface area contributed by atoms with Crippen molar-refractivity contribution >= 4 is 11.8 Å². The number of amides is 2. The average molecular weight is 476 g/mol. The third kappa shape index (κ3) is 6.15. The number of hydrogen-bond acceptors (Lipinski definition) is 3. The Morgan fingerprint density at radius 3 is 2.24 bits per heavy atom. The van der Waals surface area contributed by atoms with Crippen molar-refractivity contribution < 1.29 is 18.4 Å². The quantitative estimate of drug-likeness (QED) is 0.566. The molecule has 5 nitrogen and oxygen atoms in total. The van der Waals surface area contributed by atoms with Gasteiger partial charge >= 0.3 is 0 Å². The Hall–Kier alpha value is -2.02. The Kier molecular flexibility index (Phi) is 7.90. The van der Waals surface area contributed by atoms with Crippen LogP contribution in [0.15, 0.2) is 30.3 Å². The number of benzene rings is 1. The summed E-state index contributed by atoms with van der Waals surface area (Å²) in [5, 5.41) is 6.42. The molecule has 3 fully saturated rings. The third-order valence-corrected chi connectivity index (χ3v) is 8.04. The third-order valence-electron chi connectivity index (χ3n) is 8.04. The number of hydrogen-bond donors (Lipinski definition) is 2. The van der Waals surface area contributed by atoms with Crippen molar-refractivity contribution in [1.82, 2.24) is 15.5 Å². The van der Waals surface area contributed by atoms with Crippen molar-refractivity contribution in [3.63, 3.8) is 0 Å². The molecule has 1 aliphatic carbocycles. The van der Waals surface area contributed by atoms with Crippen LogP contribution in [0, 0.1) is 11.8 Å². The first kappa shape index (κ1) is 25.1. The van der Waals surface area contributed by atoms with Crippen LogP contribution in [0.1, 0.15) is 83.2 Å². The molecule has 2 unspecified atom stereocenters. The SMILES string of the molecule is CC(C)C(=O)NC1CC2CCC(C1)N2CC[C@H](NC(=O)C1CCC(F)(F)CC1)c1ccccc1. The van der Waals surface area contributed by atoms with E-state index < -0.39 is 5.92 Å². The summed E-state index contributed by atoms with van der Waals surface area (Å²) >= 11 is 0. The lowest BCUT2D eigenvalue weighted by Gasteiger charge is -2.40. The molecule has 0 aromatic heterocycles. The van der Waals surface area contributed by atoms with E-state index in [2.05, 4.69) is 15.5 Å². The second-order valence-corrected chi connectivity index (χ2v) is 10.8. The molecule has 34 heavy (non-hydrogen) atoms. The van der Waals surface area contributed by atoms with Crippen LogP contribution in [0.25, 0.3) is 0 Å². The van der Waals surface area contributed by atoms with Gasteiger partial charge in [0.1, 0.15) is 0 Å². The van der Waals surface area contributed by atoms with Gasteiger partial charge in [0.05, 0.1) is 6.04 Å². The Morgan fingerprint density at radius 1 is 1.03 bits per heavy atom. The maximum absolute atomic E-state index is 13.6. The Morgan fingerprint density at radius 2 is 1.65 bits per heavy atom. The number of halogens is 2. The lowest BCUT2D eigenvalue weighted by molar-refractivity contribution is -0.130. The molecular formula is C27H39F2N3O2. The van der Waals surface area contributed by atoms with Gasteiger partial charge in [0.25, 0.3) is 0 Å². The number of nitrogens with one attached hydrogen (secondary N) is 2. The molecule has 3 atom stereocenters. The molecular weight excluding hydrogens is 436 g/mol. The number of alkyl halides is 2. The van der Waals surface area contributed by atoms with Gasteiger partial charge in [0.2, 0.25) is 17.7 Å². The van der Waals surface area contributed by atoms with Gasteiger partial charge in [-0.25, -0.2) is 8.78 Å². The van der Waals surface area contributed by atoms with E-state index in [4.69, 9.17) is 0 Å². The first-order valence-electron chi connectivity index (χ1n) is 13.0. The molecule has 1 saturated carbocycles. The maximum atomic E-state index is 13.6. The first-order chi connectivity index (χ1) is 16.2. The smallest absolute Gasteiger partial charge is 0.248 e. The fourth-order valence-electron chi connectivity index (χ4n) is 6.00. The predicted octanol–water partition coefficient (Wildman–Crippen LogP) is 4.83. The summed E-state index contributed by atoms with van der Waals surface area (Å²) in [5.74, 6) is -2.92. The minimum absolute atomic E-state index is 0.00122. The maximum Gasteiger partial charge on any atom is 0.248 e. The van der Waals surface area contributed by atoms with Gasteiger partial charge in [-0.3, -0.25) is 14.5 Å². The lowest BCUT2D eigenvalue weighted by atomic mass is 9.86. The molecule has 0 spiro atoms. The van der Waals surface area contributed by atoms with Gasteiger partial charge < -0.3 is 10.6 Å². The average Bonchev–Trinajstić information content (AvgIpc) is 3.04. The highest BCUT2D eigenvalue weighted by Crippen LogP contribution is 2.38. The topological polar surface area (TPSA) is 61.4 Å². The first-order valence-corrected chi connectivity index (χ1v) is 13.0. The molecule has 2 heterocycles. The largest absolute Gasteiger partial charge is 0.353 e. The fourth-order valence-corrected chi connectivity index (χ4v) is 6.00. The van der Waals surface area contributed by atoms with Crippen LogP contribution in [0.5, 0.6) is 0 Å². The summed E-state index contributed by atoms with van der Waals surface area (Å²) in [6.07, 6.45) is 5.14. The highest BCUT2D eigenvalue weighted by atomic mass is 19.3. The Bertz CT molecular complexity index is 824. The van der Waals surface area contributed by atoms with Crippen molar-refractivity contribution in [3.8, 4) is 0 Å². The number of fused-ring (bicyclic) bond motifs is 2. The monoisotopic (exact) mass is 475 g/mol. The molecule has 4 rings (SSSR count). The summed E-state index contributed by atoms with van der Waals surface area (Å²) < 4.78 is 27.1. The van der Waals surface area contributed by atoms with Gasteiger partial charge in [-0.05, 0) is 50.5 Å². The normalized spacial score (nSPS) is 28.0. The van der Waals surface area contributed by atoms with Crippen LogP contribution in [0.3, 0.4) is 0 Å². The summed E-state index contributed by atoms with van der Waals surface area (Å²) in [4.78, 5) is 27.7. The van der Waals surface area contributed by atoms with Crippen LogP contribution in [-0.2, 0) is 9.59 Å². The second kappa shape index (κ2) is 10.7. The van der Waals surface area contributed by atoms with E-state index in [9.17, 15) is 18.4 Å². The highest BCUT2D eigenvalue weighted by Gasteiger charge is 2.41. The molecule has 1 aromatic carbocycles. The molecule has 188 valence electrons. The van der Waals surface area contributed by atoms with E-state index in [1.54, 1.807) is 0 Å². The zero-order valence-corrected chi connectivity index (χ0v) is 20.4. The predicted molar refractivity (Wildman–Crippen MR) is 128 cm³/mol. The van der Waals surface area contributed by atoms with Crippen molar-refractivity contribution in [2.75, 3.05) is 6.54 Å². The number of piperidine rings is 1. The summed E-state index contributed by atoms with van der Waals surface area (Å²) in [7, 11) is 0. The van der Waals surface area contributed by atoms with E-state index in [1.165, 1.54) is 0 Å². The summed E-state index contributed by atoms with van der Waals surface area (Å²) in [6, 6.07) is 11.0. The van der Waals surface area contributed by atoms with Gasteiger partial charge in [0.15, 0.2) is 0 Å². The van der Waals surface area contributed by atoms with Crippen molar-refractivity contribution in [2.45, 2.75) is 102 Å². The molecule has 2 amide bonds. The minimum Gasteiger partial charge on any atom is -0.353 e. The molecule has 3 aliphatic rings. The lowest BCUT2D eigenvalue weighted by Crippen LogP contribution is -2.51. The Labute approximate surface area is 202 Å². The Balaban J connectivity index is 1.36. The molecule has 2 bridgehead atoms. The standard InChI is InChI=1S/C27H39F2N3O2/c1-18(2)25(33)30-21-16-22-8-9-23(17-21)32(22)15-12-24(19-6-4-3-5-7-19)31-26(34)20-10-13-27(28,29)14-11-20/h3-7,18,20-24H,8-17H2,1-2H3,(H,30,33)(H,31,34)/t21?,22?,23?,24-/m0/s1. The van der Waals surface area contributed by atoms with Crippen molar-refractivity contribution in [2.24, 2.45) is 11.8 Å². The van der Waals surface area contributed by atoms with Crippen LogP contribution < -0.4 is 10.6 Å². The van der Waals surface area contributed by atoms with E-state index in [-0.39, 0.29) is 61.4 Å². The number of rotatable bonds is 8. The molecule has 0 radical (unpaired) electrons. The van der Waals surface area contributed by atoms with E-state index >= 15 is 0 Å².